The third kappa shape index (κ3) is 5.58. The molecule has 1 aliphatic carbocycles. The van der Waals surface area contributed by atoms with Crippen LogP contribution in [0.3, 0.4) is 0 Å². The van der Waals surface area contributed by atoms with Crippen molar-refractivity contribution in [2.75, 3.05) is 36.2 Å². The zero-order valence-electron chi connectivity index (χ0n) is 20.7. The van der Waals surface area contributed by atoms with E-state index in [1.165, 1.54) is 6.07 Å². The first-order valence-electron chi connectivity index (χ1n) is 12.0. The van der Waals surface area contributed by atoms with E-state index in [-0.39, 0.29) is 23.2 Å². The Bertz CT molecular complexity index is 1470. The van der Waals surface area contributed by atoms with Crippen LogP contribution >= 0.6 is 0 Å². The summed E-state index contributed by atoms with van der Waals surface area (Å²) in [4.78, 5) is 28.0. The van der Waals surface area contributed by atoms with Gasteiger partial charge in [-0.05, 0) is 43.3 Å². The van der Waals surface area contributed by atoms with E-state index in [4.69, 9.17) is 4.74 Å². The van der Waals surface area contributed by atoms with Crippen molar-refractivity contribution in [3.05, 3.63) is 48.5 Å². The van der Waals surface area contributed by atoms with Crippen LogP contribution in [0.25, 0.3) is 22.8 Å². The average Bonchev–Trinajstić information content (AvgIpc) is 3.48. The molecule has 38 heavy (non-hydrogen) atoms. The van der Waals surface area contributed by atoms with Crippen LogP contribution in [0, 0.1) is 0 Å². The highest BCUT2D eigenvalue weighted by molar-refractivity contribution is 7.90. The van der Waals surface area contributed by atoms with Crippen LogP contribution in [0.1, 0.15) is 13.3 Å². The molecule has 2 amide bonds. The smallest absolute Gasteiger partial charge is 0.319 e. The van der Waals surface area contributed by atoms with Gasteiger partial charge in [0.25, 0.3) is 5.92 Å². The van der Waals surface area contributed by atoms with Crippen molar-refractivity contribution < 1.29 is 26.7 Å². The van der Waals surface area contributed by atoms with Crippen molar-refractivity contribution in [3.8, 4) is 22.8 Å². The normalized spacial score (nSPS) is 20.6. The van der Waals surface area contributed by atoms with Gasteiger partial charge in [0.1, 0.15) is 6.04 Å². The number of rotatable bonds is 6. The SMILES string of the molecule is C[C@H]1COCCN1c1nc(-c2ccc(NC(=O)NC3CC3(F)F)cc2)nc(-c2ccccc2S(C)(=O)=O)n1. The lowest BCUT2D eigenvalue weighted by molar-refractivity contribution is 0.0981. The number of sulfone groups is 1. The summed E-state index contributed by atoms with van der Waals surface area (Å²) in [7, 11) is -3.56. The van der Waals surface area contributed by atoms with Gasteiger partial charge in [0.15, 0.2) is 21.5 Å². The van der Waals surface area contributed by atoms with Crippen molar-refractivity contribution in [2.45, 2.75) is 36.2 Å². The highest BCUT2D eigenvalue weighted by Crippen LogP contribution is 2.41. The fraction of sp³-hybridized carbons (Fsp3) is 0.360. The fourth-order valence-electron chi connectivity index (χ4n) is 4.14. The second-order valence-corrected chi connectivity index (χ2v) is 11.3. The van der Waals surface area contributed by atoms with Gasteiger partial charge in [-0.15, -0.1) is 0 Å². The summed E-state index contributed by atoms with van der Waals surface area (Å²) >= 11 is 0. The molecule has 0 spiro atoms. The second-order valence-electron chi connectivity index (χ2n) is 9.36. The Morgan fingerprint density at radius 2 is 1.76 bits per heavy atom. The number of anilines is 2. The first-order chi connectivity index (χ1) is 18.0. The number of alkyl halides is 2. The van der Waals surface area contributed by atoms with Gasteiger partial charge in [0, 0.05) is 36.0 Å². The molecule has 1 saturated heterocycles. The number of hydrogen-bond donors (Lipinski definition) is 2. The molecule has 5 rings (SSSR count). The molecule has 1 aromatic heterocycles. The Hall–Kier alpha value is -3.71. The van der Waals surface area contributed by atoms with Crippen molar-refractivity contribution in [2.24, 2.45) is 0 Å². The maximum atomic E-state index is 13.1. The zero-order valence-corrected chi connectivity index (χ0v) is 21.5. The first kappa shape index (κ1) is 25.9. The summed E-state index contributed by atoms with van der Waals surface area (Å²) in [6.45, 7) is 3.52. The van der Waals surface area contributed by atoms with Gasteiger partial charge in [-0.2, -0.15) is 9.97 Å². The topological polar surface area (TPSA) is 126 Å². The summed E-state index contributed by atoms with van der Waals surface area (Å²) in [5, 5.41) is 4.77. The van der Waals surface area contributed by atoms with E-state index in [1.807, 2.05) is 11.8 Å². The molecule has 2 fully saturated rings. The molecule has 1 unspecified atom stereocenters. The molecule has 13 heteroatoms. The summed E-state index contributed by atoms with van der Waals surface area (Å²) < 4.78 is 56.6. The van der Waals surface area contributed by atoms with Gasteiger partial charge < -0.3 is 20.3 Å². The summed E-state index contributed by atoms with van der Waals surface area (Å²) in [6.07, 6.45) is 0.763. The minimum atomic E-state index is -3.56. The highest BCUT2D eigenvalue weighted by atomic mass is 32.2. The van der Waals surface area contributed by atoms with E-state index >= 15 is 0 Å². The molecule has 200 valence electrons. The van der Waals surface area contributed by atoms with Crippen LogP contribution in [0.15, 0.2) is 53.4 Å². The highest BCUT2D eigenvalue weighted by Gasteiger charge is 2.57. The Balaban J connectivity index is 1.49. The van der Waals surface area contributed by atoms with Gasteiger partial charge in [-0.3, -0.25) is 0 Å². The molecule has 0 radical (unpaired) electrons. The van der Waals surface area contributed by atoms with Crippen LogP contribution < -0.4 is 15.5 Å². The Morgan fingerprint density at radius 1 is 1.08 bits per heavy atom. The standard InChI is InChI=1S/C25H26F2N6O4S/c1-15-14-37-12-11-33(15)23-31-21(30-22(32-23)18-5-3-4-6-19(18)38(2,35)36)16-7-9-17(10-8-16)28-24(34)29-20-13-25(20,26)27/h3-10,15,20H,11-14H2,1-2H3,(H2,28,29,34)/t15-,20?/m0/s1. The minimum absolute atomic E-state index is 0.0130. The van der Waals surface area contributed by atoms with Crippen LogP contribution in [-0.4, -0.2) is 73.4 Å². The number of nitrogens with zero attached hydrogens (tertiary/aromatic N) is 4. The van der Waals surface area contributed by atoms with Gasteiger partial charge in [-0.25, -0.2) is 27.0 Å². The van der Waals surface area contributed by atoms with E-state index in [9.17, 15) is 22.0 Å². The maximum Gasteiger partial charge on any atom is 0.319 e. The third-order valence-corrected chi connectivity index (χ3v) is 7.46. The maximum absolute atomic E-state index is 13.1. The first-order valence-corrected chi connectivity index (χ1v) is 13.9. The number of aromatic nitrogens is 3. The van der Waals surface area contributed by atoms with Gasteiger partial charge in [0.2, 0.25) is 5.95 Å². The zero-order chi connectivity index (χ0) is 27.1. The van der Waals surface area contributed by atoms with E-state index in [0.717, 1.165) is 6.26 Å². The molecule has 0 bridgehead atoms. The number of amides is 2. The number of hydrogen-bond acceptors (Lipinski definition) is 8. The lowest BCUT2D eigenvalue weighted by Gasteiger charge is -2.33. The molecule has 3 aromatic rings. The quantitative estimate of drug-likeness (QED) is 0.484. The average molecular weight is 545 g/mol. The number of urea groups is 1. The molecule has 2 aliphatic rings. The second kappa shape index (κ2) is 9.87. The van der Waals surface area contributed by atoms with Crippen LogP contribution in [-0.2, 0) is 14.6 Å². The molecule has 2 aromatic carbocycles. The molecule has 10 nitrogen and oxygen atoms in total. The molecule has 1 saturated carbocycles. The van der Waals surface area contributed by atoms with Crippen molar-refractivity contribution in [1.82, 2.24) is 20.3 Å². The number of carbonyl (C=O) groups excluding carboxylic acids is 1. The number of carbonyl (C=O) groups is 1. The lowest BCUT2D eigenvalue weighted by atomic mass is 10.1. The summed E-state index contributed by atoms with van der Waals surface area (Å²) in [6, 6.07) is 11.2. The predicted molar refractivity (Wildman–Crippen MR) is 137 cm³/mol. The lowest BCUT2D eigenvalue weighted by Crippen LogP contribution is -2.44. The fourth-order valence-corrected chi connectivity index (χ4v) is 5.02. The Morgan fingerprint density at radius 3 is 2.42 bits per heavy atom. The molecule has 2 N–H and O–H groups in total. The number of ether oxygens (including phenoxy) is 1. The van der Waals surface area contributed by atoms with Crippen LogP contribution in [0.2, 0.25) is 0 Å². The number of nitrogens with one attached hydrogen (secondary N) is 2. The number of benzene rings is 2. The summed E-state index contributed by atoms with van der Waals surface area (Å²) in [5.41, 5.74) is 1.34. The summed E-state index contributed by atoms with van der Waals surface area (Å²) in [5.74, 6) is -1.96. The number of halogens is 2. The largest absolute Gasteiger partial charge is 0.377 e. The predicted octanol–water partition coefficient (Wildman–Crippen LogP) is 3.36. The van der Waals surface area contributed by atoms with Crippen molar-refractivity contribution in [1.29, 1.82) is 0 Å². The van der Waals surface area contributed by atoms with Crippen LogP contribution in [0.4, 0.5) is 25.2 Å². The van der Waals surface area contributed by atoms with Crippen molar-refractivity contribution in [3.63, 3.8) is 0 Å². The molecular formula is C25H26F2N6O4S. The Kier molecular flexibility index (Phi) is 6.73. The van der Waals surface area contributed by atoms with E-state index in [0.29, 0.717) is 48.3 Å². The van der Waals surface area contributed by atoms with Gasteiger partial charge >= 0.3 is 6.03 Å². The van der Waals surface area contributed by atoms with Gasteiger partial charge in [0.05, 0.1) is 24.2 Å². The van der Waals surface area contributed by atoms with Crippen LogP contribution in [0.5, 0.6) is 0 Å². The van der Waals surface area contributed by atoms with Crippen molar-refractivity contribution >= 4 is 27.5 Å². The number of morpholine rings is 1. The van der Waals surface area contributed by atoms with Gasteiger partial charge in [-0.1, -0.05) is 12.1 Å². The monoisotopic (exact) mass is 544 g/mol. The van der Waals surface area contributed by atoms with E-state index in [2.05, 4.69) is 25.6 Å². The molecule has 2 atom stereocenters. The molecular weight excluding hydrogens is 518 g/mol. The Labute approximate surface area is 218 Å². The van der Waals surface area contributed by atoms with E-state index in [1.54, 1.807) is 42.5 Å². The third-order valence-electron chi connectivity index (χ3n) is 6.31. The molecule has 1 aliphatic heterocycles. The minimum Gasteiger partial charge on any atom is -0.377 e. The molecule has 2 heterocycles. The van der Waals surface area contributed by atoms with E-state index < -0.39 is 27.8 Å².